The average Bonchev–Trinajstić information content (AvgIpc) is 2.99. The van der Waals surface area contributed by atoms with Crippen LogP contribution in [0.1, 0.15) is 16.1 Å². The number of fused-ring (bicyclic) bond motifs is 1. The Morgan fingerprint density at radius 3 is 2.55 bits per heavy atom. The molecule has 0 atom stereocenters. The molecule has 3 rings (SSSR count). The van der Waals surface area contributed by atoms with E-state index in [1.807, 2.05) is 60.7 Å². The number of amides is 1. The van der Waals surface area contributed by atoms with Crippen molar-refractivity contribution in [3.05, 3.63) is 71.9 Å². The Balaban J connectivity index is 1.87. The normalized spacial score (nSPS) is 10.3. The summed E-state index contributed by atoms with van der Waals surface area (Å²) in [7, 11) is 0. The van der Waals surface area contributed by atoms with Crippen LogP contribution in [-0.2, 0) is 6.54 Å². The van der Waals surface area contributed by atoms with E-state index in [0.717, 1.165) is 16.5 Å². The maximum Gasteiger partial charge on any atom is 0.271 e. The molecular weight excluding hydrogens is 272 g/mol. The van der Waals surface area contributed by atoms with Gasteiger partial charge in [-0.2, -0.15) is 0 Å². The number of rotatable bonds is 4. The fourth-order valence-corrected chi connectivity index (χ4v) is 2.47. The molecule has 0 saturated heterocycles. The van der Waals surface area contributed by atoms with Crippen LogP contribution in [-0.4, -0.2) is 22.3 Å². The van der Waals surface area contributed by atoms with Gasteiger partial charge in [0.15, 0.2) is 0 Å². The van der Waals surface area contributed by atoms with Crippen molar-refractivity contribution in [2.45, 2.75) is 6.54 Å². The number of hydrogen-bond acceptors (Lipinski definition) is 1. The highest BCUT2D eigenvalue weighted by atomic mass is 16.2. The summed E-state index contributed by atoms with van der Waals surface area (Å²) in [6.45, 7) is 0.780. The smallest absolute Gasteiger partial charge is 0.271 e. The molecule has 0 bridgehead atoms. The number of terminal acetylenes is 1. The molecule has 1 amide bonds. The predicted octanol–water partition coefficient (Wildman–Crippen LogP) is 3.44. The molecule has 1 N–H and O–H groups in total. The zero-order valence-corrected chi connectivity index (χ0v) is 12.1. The molecule has 22 heavy (non-hydrogen) atoms. The fraction of sp³-hybridized carbons (Fsp3) is 0.105. The lowest BCUT2D eigenvalue weighted by molar-refractivity contribution is 0.0761. The van der Waals surface area contributed by atoms with Crippen LogP contribution >= 0.6 is 0 Å². The Hall–Kier alpha value is -2.99. The lowest BCUT2D eigenvalue weighted by Gasteiger charge is -2.19. The molecular formula is C19H16N2O. The van der Waals surface area contributed by atoms with E-state index in [4.69, 9.17) is 6.42 Å². The lowest BCUT2D eigenvalue weighted by atomic mass is 10.2. The summed E-state index contributed by atoms with van der Waals surface area (Å²) in [6.07, 6.45) is 5.42. The van der Waals surface area contributed by atoms with E-state index in [-0.39, 0.29) is 12.5 Å². The molecule has 3 nitrogen and oxygen atoms in total. The minimum atomic E-state index is -0.0852. The van der Waals surface area contributed by atoms with Gasteiger partial charge in [0.25, 0.3) is 5.91 Å². The van der Waals surface area contributed by atoms with E-state index in [0.29, 0.717) is 12.2 Å². The molecule has 1 heterocycles. The zero-order chi connectivity index (χ0) is 15.4. The monoisotopic (exact) mass is 288 g/mol. The number of para-hydroxylation sites is 1. The van der Waals surface area contributed by atoms with Crippen molar-refractivity contribution in [3.63, 3.8) is 0 Å². The Morgan fingerprint density at radius 1 is 1.09 bits per heavy atom. The van der Waals surface area contributed by atoms with Crippen LogP contribution in [0, 0.1) is 12.3 Å². The number of hydrogen-bond donors (Lipinski definition) is 1. The van der Waals surface area contributed by atoms with Crippen LogP contribution in [0.15, 0.2) is 60.7 Å². The van der Waals surface area contributed by atoms with Crippen LogP contribution in [0.2, 0.25) is 0 Å². The molecule has 0 saturated carbocycles. The second-order valence-corrected chi connectivity index (χ2v) is 5.12. The highest BCUT2D eigenvalue weighted by Crippen LogP contribution is 2.17. The summed E-state index contributed by atoms with van der Waals surface area (Å²) in [5, 5.41) is 1.02. The van der Waals surface area contributed by atoms with Gasteiger partial charge >= 0.3 is 0 Å². The van der Waals surface area contributed by atoms with Gasteiger partial charge in [-0.3, -0.25) is 4.79 Å². The maximum absolute atomic E-state index is 12.7. The van der Waals surface area contributed by atoms with Gasteiger partial charge in [-0.05, 0) is 17.7 Å². The molecule has 0 unspecified atom stereocenters. The SMILES string of the molecule is C#CCN(Cc1ccccc1)C(=O)c1cc2ccccc2[nH]1. The highest BCUT2D eigenvalue weighted by Gasteiger charge is 2.17. The molecule has 108 valence electrons. The van der Waals surface area contributed by atoms with Crippen molar-refractivity contribution in [2.24, 2.45) is 0 Å². The van der Waals surface area contributed by atoms with Crippen molar-refractivity contribution in [1.82, 2.24) is 9.88 Å². The Morgan fingerprint density at radius 2 is 1.82 bits per heavy atom. The van der Waals surface area contributed by atoms with Crippen LogP contribution in [0.3, 0.4) is 0 Å². The van der Waals surface area contributed by atoms with Crippen LogP contribution < -0.4 is 0 Å². The number of benzene rings is 2. The fourth-order valence-electron chi connectivity index (χ4n) is 2.47. The number of H-pyrrole nitrogens is 1. The molecule has 0 fully saturated rings. The molecule has 0 aliphatic rings. The van der Waals surface area contributed by atoms with Gasteiger partial charge in [0.2, 0.25) is 0 Å². The van der Waals surface area contributed by atoms with Crippen molar-refractivity contribution in [2.75, 3.05) is 6.54 Å². The Labute approximate surface area is 129 Å². The first-order valence-electron chi connectivity index (χ1n) is 7.12. The molecule has 3 heteroatoms. The standard InChI is InChI=1S/C19H16N2O/c1-2-12-21(14-15-8-4-3-5-9-15)19(22)18-13-16-10-6-7-11-17(16)20-18/h1,3-11,13,20H,12,14H2. The molecule has 0 aliphatic carbocycles. The summed E-state index contributed by atoms with van der Waals surface area (Å²) < 4.78 is 0. The maximum atomic E-state index is 12.7. The summed E-state index contributed by atoms with van der Waals surface area (Å²) >= 11 is 0. The third-order valence-electron chi connectivity index (χ3n) is 3.55. The number of aromatic nitrogens is 1. The number of nitrogens with one attached hydrogen (secondary N) is 1. The lowest BCUT2D eigenvalue weighted by Crippen LogP contribution is -2.31. The van der Waals surface area contributed by atoms with Gasteiger partial charge in [-0.15, -0.1) is 6.42 Å². The van der Waals surface area contributed by atoms with Gasteiger partial charge in [0, 0.05) is 17.4 Å². The van der Waals surface area contributed by atoms with Gasteiger partial charge in [0.05, 0.1) is 6.54 Å². The second kappa shape index (κ2) is 6.19. The summed E-state index contributed by atoms with van der Waals surface area (Å²) in [4.78, 5) is 17.5. The zero-order valence-electron chi connectivity index (χ0n) is 12.1. The third kappa shape index (κ3) is 2.87. The minimum Gasteiger partial charge on any atom is -0.351 e. The molecule has 3 aromatic rings. The first-order chi connectivity index (χ1) is 10.8. The summed E-state index contributed by atoms with van der Waals surface area (Å²) in [6, 6.07) is 19.5. The number of carbonyl (C=O) groups excluding carboxylic acids is 1. The van der Waals surface area contributed by atoms with E-state index in [1.54, 1.807) is 4.90 Å². The van der Waals surface area contributed by atoms with Crippen LogP contribution in [0.25, 0.3) is 10.9 Å². The predicted molar refractivity (Wildman–Crippen MR) is 88.3 cm³/mol. The first-order valence-corrected chi connectivity index (χ1v) is 7.12. The largest absolute Gasteiger partial charge is 0.351 e. The van der Waals surface area contributed by atoms with Gasteiger partial charge in [-0.1, -0.05) is 54.5 Å². The Bertz CT molecular complexity index is 794. The van der Waals surface area contributed by atoms with Crippen molar-refractivity contribution in [1.29, 1.82) is 0 Å². The van der Waals surface area contributed by atoms with E-state index < -0.39 is 0 Å². The molecule has 0 radical (unpaired) electrons. The topological polar surface area (TPSA) is 36.1 Å². The van der Waals surface area contributed by atoms with E-state index >= 15 is 0 Å². The van der Waals surface area contributed by atoms with Crippen molar-refractivity contribution >= 4 is 16.8 Å². The third-order valence-corrected chi connectivity index (χ3v) is 3.55. The number of carbonyl (C=O) groups is 1. The van der Waals surface area contributed by atoms with Gasteiger partial charge < -0.3 is 9.88 Å². The molecule has 0 aliphatic heterocycles. The summed E-state index contributed by atoms with van der Waals surface area (Å²) in [5.41, 5.74) is 2.57. The quantitative estimate of drug-likeness (QED) is 0.733. The number of aromatic amines is 1. The number of nitrogens with zero attached hydrogens (tertiary/aromatic N) is 1. The molecule has 1 aromatic heterocycles. The van der Waals surface area contributed by atoms with E-state index in [9.17, 15) is 4.79 Å². The van der Waals surface area contributed by atoms with Crippen molar-refractivity contribution in [3.8, 4) is 12.3 Å². The van der Waals surface area contributed by atoms with E-state index in [1.165, 1.54) is 0 Å². The Kier molecular flexibility index (Phi) is 3.93. The van der Waals surface area contributed by atoms with E-state index in [2.05, 4.69) is 10.9 Å². The summed E-state index contributed by atoms with van der Waals surface area (Å²) in [5.74, 6) is 2.48. The molecule has 0 spiro atoms. The second-order valence-electron chi connectivity index (χ2n) is 5.12. The first kappa shape index (κ1) is 14.0. The highest BCUT2D eigenvalue weighted by molar-refractivity contribution is 5.98. The van der Waals surface area contributed by atoms with Gasteiger partial charge in [-0.25, -0.2) is 0 Å². The average molecular weight is 288 g/mol. The van der Waals surface area contributed by atoms with Crippen LogP contribution in [0.5, 0.6) is 0 Å². The minimum absolute atomic E-state index is 0.0852. The van der Waals surface area contributed by atoms with Crippen LogP contribution in [0.4, 0.5) is 0 Å². The van der Waals surface area contributed by atoms with Crippen molar-refractivity contribution < 1.29 is 4.79 Å². The van der Waals surface area contributed by atoms with Gasteiger partial charge in [0.1, 0.15) is 5.69 Å². The molecule has 2 aromatic carbocycles.